The topological polar surface area (TPSA) is 77.3 Å². The lowest BCUT2D eigenvalue weighted by atomic mass is 10.4. The Kier molecular flexibility index (Phi) is 5.88. The summed E-state index contributed by atoms with van der Waals surface area (Å²) in [6, 6.07) is 6.22. The van der Waals surface area contributed by atoms with Gasteiger partial charge in [0.05, 0.1) is 23.9 Å². The molecule has 25 heavy (non-hydrogen) atoms. The lowest BCUT2D eigenvalue weighted by molar-refractivity contribution is 0.121. The molecular formula is C15H19ClN4O3S2. The molecule has 1 aromatic carbocycles. The van der Waals surface area contributed by atoms with Gasteiger partial charge in [0.1, 0.15) is 0 Å². The van der Waals surface area contributed by atoms with Gasteiger partial charge in [0.2, 0.25) is 5.95 Å². The molecule has 1 aliphatic heterocycles. The quantitative estimate of drug-likeness (QED) is 0.682. The molecule has 0 aliphatic carbocycles. The second kappa shape index (κ2) is 7.94. The molecular weight excluding hydrogens is 384 g/mol. The number of rotatable bonds is 6. The molecule has 0 amide bonds. The van der Waals surface area contributed by atoms with Gasteiger partial charge >= 0.3 is 0 Å². The van der Waals surface area contributed by atoms with Gasteiger partial charge in [-0.05, 0) is 24.3 Å². The maximum absolute atomic E-state index is 12.3. The lowest BCUT2D eigenvalue weighted by Gasteiger charge is -2.27. The number of benzene rings is 1. The first-order chi connectivity index (χ1) is 12.0. The zero-order valence-electron chi connectivity index (χ0n) is 13.8. The molecule has 0 radical (unpaired) electrons. The fourth-order valence-electron chi connectivity index (χ4n) is 2.47. The molecule has 0 unspecified atom stereocenters. The fraction of sp³-hybridized carbons (Fsp3) is 0.467. The number of hydrogen-bond acceptors (Lipinski definition) is 7. The summed E-state index contributed by atoms with van der Waals surface area (Å²) in [5.74, 6) is 1.21. The number of hydrogen-bond donors (Lipinski definition) is 0. The van der Waals surface area contributed by atoms with Crippen molar-refractivity contribution in [1.82, 2.24) is 14.8 Å². The summed E-state index contributed by atoms with van der Waals surface area (Å²) in [5, 5.41) is 9.62. The van der Waals surface area contributed by atoms with Crippen LogP contribution in [0.2, 0.25) is 5.02 Å². The van der Waals surface area contributed by atoms with Crippen LogP contribution in [0, 0.1) is 0 Å². The average molecular weight is 403 g/mol. The molecule has 1 aromatic heterocycles. The number of nitrogens with zero attached hydrogens (tertiary/aromatic N) is 4. The van der Waals surface area contributed by atoms with Crippen molar-refractivity contribution >= 4 is 39.1 Å². The molecule has 1 aliphatic rings. The molecule has 2 heterocycles. The largest absolute Gasteiger partial charge is 0.378 e. The van der Waals surface area contributed by atoms with Gasteiger partial charge in [0.25, 0.3) is 0 Å². The van der Waals surface area contributed by atoms with Gasteiger partial charge in [-0.1, -0.05) is 23.4 Å². The molecule has 1 fully saturated rings. The van der Waals surface area contributed by atoms with Gasteiger partial charge in [-0.15, -0.1) is 10.2 Å². The van der Waals surface area contributed by atoms with Crippen LogP contribution in [-0.2, 0) is 21.6 Å². The smallest absolute Gasteiger partial charge is 0.227 e. The van der Waals surface area contributed by atoms with Gasteiger partial charge in [-0.2, -0.15) is 0 Å². The number of halogens is 1. The van der Waals surface area contributed by atoms with E-state index in [0.717, 1.165) is 19.0 Å². The molecule has 1 saturated heterocycles. The van der Waals surface area contributed by atoms with Crippen molar-refractivity contribution in [2.75, 3.05) is 42.7 Å². The van der Waals surface area contributed by atoms with E-state index in [1.165, 1.54) is 23.9 Å². The van der Waals surface area contributed by atoms with Crippen LogP contribution >= 0.6 is 23.4 Å². The summed E-state index contributed by atoms with van der Waals surface area (Å²) in [6.45, 7) is 2.91. The highest BCUT2D eigenvalue weighted by Crippen LogP contribution is 2.22. The third kappa shape index (κ3) is 4.46. The number of thioether (sulfide) groups is 1. The maximum atomic E-state index is 12.3. The number of morpholine rings is 1. The zero-order valence-corrected chi connectivity index (χ0v) is 16.1. The van der Waals surface area contributed by atoms with E-state index in [1.807, 2.05) is 11.6 Å². The summed E-state index contributed by atoms with van der Waals surface area (Å²) < 4.78 is 31.9. The van der Waals surface area contributed by atoms with Crippen LogP contribution in [0.15, 0.2) is 34.3 Å². The number of sulfone groups is 1. The molecule has 0 saturated carbocycles. The van der Waals surface area contributed by atoms with Crippen molar-refractivity contribution in [3.05, 3.63) is 29.3 Å². The Morgan fingerprint density at radius 1 is 1.20 bits per heavy atom. The van der Waals surface area contributed by atoms with Crippen LogP contribution in [0.4, 0.5) is 5.95 Å². The van der Waals surface area contributed by atoms with E-state index in [-0.39, 0.29) is 10.6 Å². The fourth-order valence-corrected chi connectivity index (χ4v) is 5.15. The zero-order chi connectivity index (χ0) is 17.9. The number of aromatic nitrogens is 3. The van der Waals surface area contributed by atoms with Crippen LogP contribution in [0.3, 0.4) is 0 Å². The van der Waals surface area contributed by atoms with Crippen molar-refractivity contribution in [2.45, 2.75) is 10.1 Å². The van der Waals surface area contributed by atoms with Crippen molar-refractivity contribution < 1.29 is 13.2 Å². The maximum Gasteiger partial charge on any atom is 0.227 e. The minimum absolute atomic E-state index is 0.0268. The highest BCUT2D eigenvalue weighted by molar-refractivity contribution is 8.00. The molecule has 0 atom stereocenters. The lowest BCUT2D eigenvalue weighted by Crippen LogP contribution is -2.37. The second-order valence-electron chi connectivity index (χ2n) is 5.56. The van der Waals surface area contributed by atoms with Crippen LogP contribution in [0.1, 0.15) is 0 Å². The van der Waals surface area contributed by atoms with E-state index in [2.05, 4.69) is 15.1 Å². The Hall–Kier alpha value is -1.29. The molecule has 0 N–H and O–H groups in total. The van der Waals surface area contributed by atoms with Crippen LogP contribution in [0.5, 0.6) is 0 Å². The van der Waals surface area contributed by atoms with E-state index in [1.54, 1.807) is 12.1 Å². The second-order valence-corrected chi connectivity index (χ2v) is 9.17. The van der Waals surface area contributed by atoms with Crippen molar-refractivity contribution in [3.8, 4) is 0 Å². The van der Waals surface area contributed by atoms with E-state index in [9.17, 15) is 8.42 Å². The van der Waals surface area contributed by atoms with E-state index in [0.29, 0.717) is 29.1 Å². The standard InChI is InChI=1S/C15H19ClN4O3S2/c1-19-14(20-6-8-23-9-7-20)17-18-15(19)24-10-11-25(21,22)13-4-2-12(16)3-5-13/h2-5H,6-11H2,1H3. The van der Waals surface area contributed by atoms with Gasteiger partial charge in [0, 0.05) is 30.9 Å². The Morgan fingerprint density at radius 2 is 1.88 bits per heavy atom. The monoisotopic (exact) mass is 402 g/mol. The molecule has 0 bridgehead atoms. The van der Waals surface area contributed by atoms with Crippen LogP contribution in [-0.4, -0.2) is 61.0 Å². The van der Waals surface area contributed by atoms with Crippen LogP contribution in [0.25, 0.3) is 0 Å². The summed E-state index contributed by atoms with van der Waals surface area (Å²) in [7, 11) is -1.45. The Labute approximate surface area is 156 Å². The number of ether oxygens (including phenoxy) is 1. The van der Waals surface area contributed by atoms with Gasteiger partial charge in [-0.3, -0.25) is 4.57 Å². The van der Waals surface area contributed by atoms with Gasteiger partial charge in [0.15, 0.2) is 15.0 Å². The number of anilines is 1. The highest BCUT2D eigenvalue weighted by atomic mass is 35.5. The SMILES string of the molecule is Cn1c(SCCS(=O)(=O)c2ccc(Cl)cc2)nnc1N1CCOCC1. The Morgan fingerprint density at radius 3 is 2.56 bits per heavy atom. The first-order valence-corrected chi connectivity index (χ1v) is 10.8. The summed E-state index contributed by atoms with van der Waals surface area (Å²) >= 11 is 7.18. The van der Waals surface area contributed by atoms with Gasteiger partial charge < -0.3 is 9.64 Å². The Bertz CT molecular complexity index is 818. The van der Waals surface area contributed by atoms with Crippen LogP contribution < -0.4 is 4.90 Å². The molecule has 0 spiro atoms. The minimum atomic E-state index is -3.34. The third-order valence-corrected chi connectivity index (χ3v) is 7.13. The average Bonchev–Trinajstić information content (AvgIpc) is 2.97. The van der Waals surface area contributed by atoms with Crippen molar-refractivity contribution in [3.63, 3.8) is 0 Å². The van der Waals surface area contributed by atoms with E-state index >= 15 is 0 Å². The summed E-state index contributed by atoms with van der Waals surface area (Å²) in [5.41, 5.74) is 0. The normalized spacial score (nSPS) is 15.5. The summed E-state index contributed by atoms with van der Waals surface area (Å²) in [4.78, 5) is 2.40. The summed E-state index contributed by atoms with van der Waals surface area (Å²) in [6.07, 6.45) is 0. The minimum Gasteiger partial charge on any atom is -0.378 e. The highest BCUT2D eigenvalue weighted by Gasteiger charge is 2.19. The first kappa shape index (κ1) is 18.5. The third-order valence-electron chi connectivity index (χ3n) is 3.86. The Balaban J connectivity index is 1.60. The molecule has 3 rings (SSSR count). The first-order valence-electron chi connectivity index (χ1n) is 7.80. The van der Waals surface area contributed by atoms with E-state index in [4.69, 9.17) is 16.3 Å². The molecule has 10 heteroatoms. The predicted molar refractivity (Wildman–Crippen MR) is 98.3 cm³/mol. The van der Waals surface area contributed by atoms with E-state index < -0.39 is 9.84 Å². The molecule has 2 aromatic rings. The van der Waals surface area contributed by atoms with Crippen molar-refractivity contribution in [1.29, 1.82) is 0 Å². The molecule has 7 nitrogen and oxygen atoms in total. The molecule has 136 valence electrons. The van der Waals surface area contributed by atoms with Gasteiger partial charge in [-0.25, -0.2) is 8.42 Å². The van der Waals surface area contributed by atoms with Crippen molar-refractivity contribution in [2.24, 2.45) is 7.05 Å². The predicted octanol–water partition coefficient (Wildman–Crippen LogP) is 1.87.